The van der Waals surface area contributed by atoms with Gasteiger partial charge in [0.05, 0.1) is 5.56 Å². The van der Waals surface area contributed by atoms with Crippen LogP contribution in [0.25, 0.3) is 0 Å². The largest absolute Gasteiger partial charge is 0.416 e. The van der Waals surface area contributed by atoms with Crippen molar-refractivity contribution in [1.29, 1.82) is 0 Å². The Morgan fingerprint density at radius 1 is 1.30 bits per heavy atom. The van der Waals surface area contributed by atoms with E-state index in [1.807, 2.05) is 13.8 Å². The SMILES string of the molecule is CC1CC(N)CCN1C(C)c1ccccc1C(F)(F)F. The van der Waals surface area contributed by atoms with Gasteiger partial charge in [-0.15, -0.1) is 0 Å². The molecule has 1 aromatic carbocycles. The molecule has 1 aliphatic heterocycles. The van der Waals surface area contributed by atoms with Gasteiger partial charge in [0.1, 0.15) is 0 Å². The van der Waals surface area contributed by atoms with Crippen molar-refractivity contribution in [3.63, 3.8) is 0 Å². The van der Waals surface area contributed by atoms with Gasteiger partial charge < -0.3 is 5.73 Å². The lowest BCUT2D eigenvalue weighted by Gasteiger charge is -2.41. The van der Waals surface area contributed by atoms with Crippen LogP contribution in [0, 0.1) is 0 Å². The summed E-state index contributed by atoms with van der Waals surface area (Å²) in [4.78, 5) is 2.12. The van der Waals surface area contributed by atoms with E-state index in [1.165, 1.54) is 6.07 Å². The smallest absolute Gasteiger partial charge is 0.328 e. The number of rotatable bonds is 2. The van der Waals surface area contributed by atoms with Gasteiger partial charge in [-0.3, -0.25) is 4.90 Å². The van der Waals surface area contributed by atoms with Crippen molar-refractivity contribution in [3.8, 4) is 0 Å². The van der Waals surface area contributed by atoms with E-state index >= 15 is 0 Å². The quantitative estimate of drug-likeness (QED) is 0.900. The second-order valence-electron chi connectivity index (χ2n) is 5.63. The lowest BCUT2D eigenvalue weighted by atomic mass is 9.93. The molecule has 0 saturated carbocycles. The van der Waals surface area contributed by atoms with Crippen molar-refractivity contribution in [2.24, 2.45) is 5.73 Å². The average molecular weight is 286 g/mol. The number of likely N-dealkylation sites (tertiary alicyclic amines) is 1. The van der Waals surface area contributed by atoms with Crippen LogP contribution in [-0.4, -0.2) is 23.5 Å². The summed E-state index contributed by atoms with van der Waals surface area (Å²) in [6.07, 6.45) is -2.64. The number of halogens is 3. The molecule has 2 N–H and O–H groups in total. The number of hydrogen-bond donors (Lipinski definition) is 1. The van der Waals surface area contributed by atoms with E-state index < -0.39 is 11.7 Å². The monoisotopic (exact) mass is 286 g/mol. The molecule has 2 nitrogen and oxygen atoms in total. The highest BCUT2D eigenvalue weighted by atomic mass is 19.4. The molecule has 3 unspecified atom stereocenters. The highest BCUT2D eigenvalue weighted by Crippen LogP contribution is 2.37. The maximum atomic E-state index is 13.1. The topological polar surface area (TPSA) is 29.3 Å². The average Bonchev–Trinajstić information content (AvgIpc) is 2.37. The highest BCUT2D eigenvalue weighted by Gasteiger charge is 2.36. The normalized spacial score (nSPS) is 26.5. The molecule has 1 aliphatic rings. The van der Waals surface area contributed by atoms with E-state index in [0.29, 0.717) is 5.56 Å². The molecule has 1 aromatic rings. The van der Waals surface area contributed by atoms with Crippen LogP contribution >= 0.6 is 0 Å². The Morgan fingerprint density at radius 2 is 1.95 bits per heavy atom. The van der Waals surface area contributed by atoms with Crippen molar-refractivity contribution in [1.82, 2.24) is 4.90 Å². The molecule has 1 saturated heterocycles. The van der Waals surface area contributed by atoms with Gasteiger partial charge in [-0.25, -0.2) is 0 Å². The van der Waals surface area contributed by atoms with Gasteiger partial charge >= 0.3 is 6.18 Å². The summed E-state index contributed by atoms with van der Waals surface area (Å²) in [5, 5.41) is 0. The van der Waals surface area contributed by atoms with Crippen molar-refractivity contribution in [2.45, 2.75) is 51.0 Å². The van der Waals surface area contributed by atoms with E-state index in [0.717, 1.165) is 25.5 Å². The molecular formula is C15H21F3N2. The second kappa shape index (κ2) is 5.74. The zero-order valence-electron chi connectivity index (χ0n) is 11.8. The van der Waals surface area contributed by atoms with Gasteiger partial charge in [0, 0.05) is 24.7 Å². The van der Waals surface area contributed by atoms with E-state index in [2.05, 4.69) is 4.90 Å². The van der Waals surface area contributed by atoms with Gasteiger partial charge in [-0.1, -0.05) is 18.2 Å². The molecule has 1 heterocycles. The van der Waals surface area contributed by atoms with Crippen LogP contribution in [-0.2, 0) is 6.18 Å². The summed E-state index contributed by atoms with van der Waals surface area (Å²) in [5.41, 5.74) is 5.74. The van der Waals surface area contributed by atoms with Crippen molar-refractivity contribution in [3.05, 3.63) is 35.4 Å². The molecule has 0 bridgehead atoms. The fourth-order valence-electron chi connectivity index (χ4n) is 3.10. The van der Waals surface area contributed by atoms with Crippen LogP contribution in [0.4, 0.5) is 13.2 Å². The Morgan fingerprint density at radius 3 is 2.55 bits per heavy atom. The third-order valence-electron chi connectivity index (χ3n) is 4.18. The van der Waals surface area contributed by atoms with E-state index in [-0.39, 0.29) is 18.1 Å². The number of nitrogens with zero attached hydrogens (tertiary/aromatic N) is 1. The standard InChI is InChI=1S/C15H21F3N2/c1-10-9-12(19)7-8-20(10)11(2)13-5-3-4-6-14(13)15(16,17)18/h3-6,10-12H,7-9,19H2,1-2H3. The maximum absolute atomic E-state index is 13.1. The van der Waals surface area contributed by atoms with Crippen LogP contribution in [0.1, 0.15) is 43.9 Å². The minimum Gasteiger partial charge on any atom is -0.328 e. The minimum atomic E-state index is -4.31. The molecule has 3 atom stereocenters. The zero-order chi connectivity index (χ0) is 14.9. The predicted molar refractivity (Wildman–Crippen MR) is 73.2 cm³/mol. The summed E-state index contributed by atoms with van der Waals surface area (Å²) in [6, 6.07) is 5.95. The number of alkyl halides is 3. The van der Waals surface area contributed by atoms with E-state index in [9.17, 15) is 13.2 Å². The molecule has 0 aliphatic carbocycles. The Hall–Kier alpha value is -1.07. The molecule has 20 heavy (non-hydrogen) atoms. The van der Waals surface area contributed by atoms with Crippen LogP contribution < -0.4 is 5.73 Å². The van der Waals surface area contributed by atoms with Crippen molar-refractivity contribution < 1.29 is 13.2 Å². The molecule has 5 heteroatoms. The number of benzene rings is 1. The first-order chi connectivity index (χ1) is 9.30. The van der Waals surface area contributed by atoms with Crippen LogP contribution in [0.2, 0.25) is 0 Å². The third-order valence-corrected chi connectivity index (χ3v) is 4.18. The van der Waals surface area contributed by atoms with Crippen molar-refractivity contribution >= 4 is 0 Å². The number of nitrogens with two attached hydrogens (primary N) is 1. The fraction of sp³-hybridized carbons (Fsp3) is 0.600. The van der Waals surface area contributed by atoms with Gasteiger partial charge in [0.2, 0.25) is 0 Å². The molecular weight excluding hydrogens is 265 g/mol. The van der Waals surface area contributed by atoms with Gasteiger partial charge in [-0.05, 0) is 38.3 Å². The third kappa shape index (κ3) is 3.15. The summed E-state index contributed by atoms with van der Waals surface area (Å²) < 4.78 is 39.3. The lowest BCUT2D eigenvalue weighted by Crippen LogP contribution is -2.46. The van der Waals surface area contributed by atoms with E-state index in [4.69, 9.17) is 5.73 Å². The predicted octanol–water partition coefficient (Wildman–Crippen LogP) is 3.58. The first-order valence-corrected chi connectivity index (χ1v) is 6.98. The van der Waals surface area contributed by atoms with Crippen LogP contribution in [0.15, 0.2) is 24.3 Å². The lowest BCUT2D eigenvalue weighted by molar-refractivity contribution is -0.138. The van der Waals surface area contributed by atoms with Crippen LogP contribution in [0.5, 0.6) is 0 Å². The summed E-state index contributed by atoms with van der Waals surface area (Å²) >= 11 is 0. The first kappa shape index (κ1) is 15.3. The fourth-order valence-corrected chi connectivity index (χ4v) is 3.10. The molecule has 2 rings (SSSR count). The van der Waals surface area contributed by atoms with Crippen molar-refractivity contribution in [2.75, 3.05) is 6.54 Å². The molecule has 0 amide bonds. The summed E-state index contributed by atoms with van der Waals surface area (Å²) in [5.74, 6) is 0. The van der Waals surface area contributed by atoms with Crippen LogP contribution in [0.3, 0.4) is 0 Å². The second-order valence-corrected chi connectivity index (χ2v) is 5.63. The number of piperidine rings is 1. The highest BCUT2D eigenvalue weighted by molar-refractivity contribution is 5.32. The number of hydrogen-bond acceptors (Lipinski definition) is 2. The van der Waals surface area contributed by atoms with Gasteiger partial charge in [0.25, 0.3) is 0 Å². The molecule has 1 fully saturated rings. The van der Waals surface area contributed by atoms with E-state index in [1.54, 1.807) is 12.1 Å². The molecule has 0 spiro atoms. The Bertz CT molecular complexity index is 459. The Kier molecular flexibility index (Phi) is 4.39. The summed E-state index contributed by atoms with van der Waals surface area (Å²) in [6.45, 7) is 4.62. The zero-order valence-corrected chi connectivity index (χ0v) is 11.8. The molecule has 0 aromatic heterocycles. The van der Waals surface area contributed by atoms with Gasteiger partial charge in [0.15, 0.2) is 0 Å². The van der Waals surface area contributed by atoms with Gasteiger partial charge in [-0.2, -0.15) is 13.2 Å². The Labute approximate surface area is 117 Å². The Balaban J connectivity index is 2.27. The molecule has 0 radical (unpaired) electrons. The summed E-state index contributed by atoms with van der Waals surface area (Å²) in [7, 11) is 0. The maximum Gasteiger partial charge on any atom is 0.416 e. The first-order valence-electron chi connectivity index (χ1n) is 6.98. The molecule has 112 valence electrons. The minimum absolute atomic E-state index is 0.159.